The molecule has 3 aromatic carbocycles. The number of nitrogens with one attached hydrogen (secondary N) is 3. The van der Waals surface area contributed by atoms with E-state index in [9.17, 15) is 49.2 Å². The Hall–Kier alpha value is -7.61. The maximum atomic E-state index is 14.0. The second-order valence-corrected chi connectivity index (χ2v) is 18.6. The molecule has 6 aromatic rings. The summed E-state index contributed by atoms with van der Waals surface area (Å²) < 4.78 is 15.7. The van der Waals surface area contributed by atoms with E-state index in [2.05, 4.69) is 20.9 Å². The highest BCUT2D eigenvalue weighted by atomic mass is 16.7. The number of phenolic OH excluding ortho intramolecular Hbond substituents is 2. The first-order chi connectivity index (χ1) is 33.8. The number of amides is 2. The van der Waals surface area contributed by atoms with Crippen molar-refractivity contribution in [3.63, 3.8) is 0 Å². The number of nitrogens with zero attached hydrogens (tertiary/aromatic N) is 3. The zero-order valence-electron chi connectivity index (χ0n) is 39.5. The lowest BCUT2D eigenvalue weighted by Crippen LogP contribution is -2.54. The molecular weight excluding hydrogens is 913 g/mol. The molecule has 1 aliphatic heterocycles. The molecule has 9 rings (SSSR count). The minimum absolute atomic E-state index is 0.0427. The molecule has 366 valence electrons. The summed E-state index contributed by atoms with van der Waals surface area (Å²) in [6.07, 6.45) is -0.0416. The number of aliphatic hydroxyl groups excluding tert-OH is 1. The molecule has 0 radical (unpaired) electrons. The van der Waals surface area contributed by atoms with Crippen molar-refractivity contribution >= 4 is 46.3 Å². The number of Topliss-reactive ketones (excluding diaryl/α,β-unsaturated/α-hetero) is 2. The first-order valence-corrected chi connectivity index (χ1v) is 23.0. The van der Waals surface area contributed by atoms with E-state index in [1.54, 1.807) is 91.9 Å². The van der Waals surface area contributed by atoms with E-state index in [0.29, 0.717) is 29.2 Å². The number of rotatable bonds is 13. The van der Waals surface area contributed by atoms with Gasteiger partial charge in [0.05, 0.1) is 46.5 Å². The van der Waals surface area contributed by atoms with Crippen molar-refractivity contribution in [2.75, 3.05) is 10.6 Å². The smallest absolute Gasteiger partial charge is 0.274 e. The number of carbonyl (C=O) groups is 6. The van der Waals surface area contributed by atoms with Crippen molar-refractivity contribution in [2.24, 2.45) is 14.1 Å². The van der Waals surface area contributed by atoms with Gasteiger partial charge in [0.2, 0.25) is 0 Å². The van der Waals surface area contributed by atoms with Crippen LogP contribution in [0, 0.1) is 6.92 Å². The third kappa shape index (κ3) is 9.19. The van der Waals surface area contributed by atoms with Gasteiger partial charge in [0.15, 0.2) is 29.4 Å². The van der Waals surface area contributed by atoms with E-state index in [1.807, 2.05) is 24.3 Å². The largest absolute Gasteiger partial charge is 0.507 e. The van der Waals surface area contributed by atoms with Crippen LogP contribution < -0.4 is 16.0 Å². The molecule has 3 aromatic heterocycles. The van der Waals surface area contributed by atoms with Gasteiger partial charge >= 0.3 is 0 Å². The molecule has 2 unspecified atom stereocenters. The molecule has 2 aliphatic carbocycles. The average Bonchev–Trinajstić information content (AvgIpc) is 3.90. The fourth-order valence-electron chi connectivity index (χ4n) is 9.82. The number of aryl methyl sites for hydroxylation is 3. The number of hydrogen-bond donors (Lipinski definition) is 7. The van der Waals surface area contributed by atoms with Crippen LogP contribution in [0.5, 0.6) is 11.5 Å². The first-order valence-electron chi connectivity index (χ1n) is 23.0. The summed E-state index contributed by atoms with van der Waals surface area (Å²) in [5, 5.41) is 55.3. The molecule has 0 bridgehead atoms. The van der Waals surface area contributed by atoms with Crippen molar-refractivity contribution in [1.29, 1.82) is 0 Å². The van der Waals surface area contributed by atoms with E-state index in [1.165, 1.54) is 19.2 Å². The number of ether oxygens (including phenoxy) is 2. The Kier molecular flexibility index (Phi) is 12.9. The van der Waals surface area contributed by atoms with Gasteiger partial charge < -0.3 is 55.0 Å². The normalized spacial score (nSPS) is 21.5. The number of aliphatic hydroxyl groups is 2. The van der Waals surface area contributed by atoms with Crippen LogP contribution in [0.3, 0.4) is 0 Å². The Morgan fingerprint density at radius 1 is 0.845 bits per heavy atom. The maximum Gasteiger partial charge on any atom is 0.274 e. The van der Waals surface area contributed by atoms with Crippen LogP contribution in [0.2, 0.25) is 0 Å². The summed E-state index contributed by atoms with van der Waals surface area (Å²) in [6, 6.07) is 19.6. The average molecular weight is 965 g/mol. The second kappa shape index (κ2) is 19.0. The molecule has 4 heterocycles. The molecule has 18 nitrogen and oxygen atoms in total. The van der Waals surface area contributed by atoms with Crippen molar-refractivity contribution in [2.45, 2.75) is 89.2 Å². The summed E-state index contributed by atoms with van der Waals surface area (Å²) in [5.74, 6) is -4.25. The Labute approximate surface area is 407 Å². The fraction of sp³-hybridized carbons (Fsp3) is 0.302. The minimum atomic E-state index is -2.07. The molecule has 18 heteroatoms. The zero-order valence-corrected chi connectivity index (χ0v) is 39.5. The molecule has 0 spiro atoms. The third-order valence-electron chi connectivity index (χ3n) is 13.7. The van der Waals surface area contributed by atoms with Crippen molar-refractivity contribution in [3.8, 4) is 11.5 Å². The van der Waals surface area contributed by atoms with Crippen LogP contribution in [0.1, 0.15) is 124 Å². The number of hydrogen-bond acceptors (Lipinski definition) is 14. The van der Waals surface area contributed by atoms with Crippen LogP contribution in [0.25, 0.3) is 0 Å². The molecular formula is C53H52N6O12. The van der Waals surface area contributed by atoms with Crippen molar-refractivity contribution in [3.05, 3.63) is 159 Å². The van der Waals surface area contributed by atoms with E-state index in [-0.39, 0.29) is 64.3 Å². The topological polar surface area (TPSA) is 261 Å². The number of aromatic hydroxyl groups is 2. The van der Waals surface area contributed by atoms with Gasteiger partial charge in [0.25, 0.3) is 11.8 Å². The van der Waals surface area contributed by atoms with Gasteiger partial charge in [-0.15, -0.1) is 0 Å². The van der Waals surface area contributed by atoms with Gasteiger partial charge in [0, 0.05) is 93.2 Å². The number of pyridine rings is 1. The summed E-state index contributed by atoms with van der Waals surface area (Å²) in [6.45, 7) is 4.80. The van der Waals surface area contributed by atoms with Gasteiger partial charge in [-0.2, -0.15) is 0 Å². The molecule has 7 N–H and O–H groups in total. The maximum absolute atomic E-state index is 14.0. The van der Waals surface area contributed by atoms with Crippen LogP contribution in [-0.2, 0) is 47.8 Å². The van der Waals surface area contributed by atoms with Gasteiger partial charge in [-0.25, -0.2) is 0 Å². The Balaban J connectivity index is 0.840. The van der Waals surface area contributed by atoms with E-state index in [0.717, 1.165) is 11.1 Å². The number of ketones is 4. The zero-order chi connectivity index (χ0) is 50.6. The molecule has 71 heavy (non-hydrogen) atoms. The lowest BCUT2D eigenvalue weighted by atomic mass is 9.71. The Morgan fingerprint density at radius 3 is 2.20 bits per heavy atom. The Bertz CT molecular complexity index is 3160. The monoisotopic (exact) mass is 964 g/mol. The first kappa shape index (κ1) is 48.4. The van der Waals surface area contributed by atoms with E-state index >= 15 is 0 Å². The van der Waals surface area contributed by atoms with Crippen molar-refractivity contribution in [1.82, 2.24) is 19.4 Å². The van der Waals surface area contributed by atoms with Crippen molar-refractivity contribution < 1.29 is 58.7 Å². The van der Waals surface area contributed by atoms with Gasteiger partial charge in [-0.05, 0) is 61.7 Å². The van der Waals surface area contributed by atoms with Gasteiger partial charge in [-0.1, -0.05) is 48.5 Å². The Morgan fingerprint density at radius 2 is 1.51 bits per heavy atom. The highest BCUT2D eigenvalue weighted by Crippen LogP contribution is 2.52. The number of anilines is 2. The van der Waals surface area contributed by atoms with E-state index < -0.39 is 88.9 Å². The highest BCUT2D eigenvalue weighted by Gasteiger charge is 2.49. The summed E-state index contributed by atoms with van der Waals surface area (Å²) >= 11 is 0. The second-order valence-electron chi connectivity index (χ2n) is 18.6. The standard InChI is InChI=1S/C53H52N6O12/c1-26-9-8-10-33-42(26)49(65)45-44(47(33)63)48(64)34-21-53(69,28(3)60)22-40(43(34)50(45)66)71-41-20-36(46(62)27(2)70-41)55-23-30-14-12-29(13-15-30)17-39(61)37-18-31(24-58(37)4)57-52(68)38-19-32(25-59(38)5)56-51(67)35-11-6-7-16-54-35/h6-16,18-19,24-25,27,36,40-41,46,55,62,64,66,69H,17,20-23H2,1-5H3,(H,56,67)(H,57,68)/t27-,36-,40?,41-,46+,53?/m0/s1. The lowest BCUT2D eigenvalue weighted by molar-refractivity contribution is -0.249. The number of aromatic nitrogens is 3. The summed E-state index contributed by atoms with van der Waals surface area (Å²) in [5.41, 5.74) is 0.932. The summed E-state index contributed by atoms with van der Waals surface area (Å²) in [7, 11) is 3.38. The number of carbonyl (C=O) groups excluding carboxylic acids is 6. The summed E-state index contributed by atoms with van der Waals surface area (Å²) in [4.78, 5) is 84.1. The molecule has 1 fully saturated rings. The quantitative estimate of drug-likeness (QED) is 0.0582. The molecule has 0 saturated carbocycles. The predicted octanol–water partition coefficient (Wildman–Crippen LogP) is 5.16. The van der Waals surface area contributed by atoms with Crippen LogP contribution >= 0.6 is 0 Å². The van der Waals surface area contributed by atoms with Gasteiger partial charge in [-0.3, -0.25) is 33.8 Å². The lowest BCUT2D eigenvalue weighted by Gasteiger charge is -2.43. The minimum Gasteiger partial charge on any atom is -0.507 e. The van der Waals surface area contributed by atoms with E-state index in [4.69, 9.17) is 9.47 Å². The fourth-order valence-corrected chi connectivity index (χ4v) is 9.82. The van der Waals surface area contributed by atoms with Crippen LogP contribution in [-0.4, -0.2) is 99.6 Å². The highest BCUT2D eigenvalue weighted by molar-refractivity contribution is 6.31. The van der Waals surface area contributed by atoms with Crippen LogP contribution in [0.15, 0.2) is 91.4 Å². The SMILES string of the molecule is CC(=O)C1(O)Cc2c(O)c3c(c(O)c2C(O[C@H]2C[C@H](NCc4ccc(CC(=O)c5cc(NC(=O)c6cc(NC(=O)c7ccccn7)cn6C)cn5C)cc4)[C@H](O)[C@H](C)O2)C1)C(=O)c1c(C)cccc1C3=O. The van der Waals surface area contributed by atoms with Gasteiger partial charge in [0.1, 0.15) is 28.5 Å². The number of benzene rings is 3. The molecule has 2 amide bonds. The predicted molar refractivity (Wildman–Crippen MR) is 257 cm³/mol. The molecule has 1 saturated heterocycles. The molecule has 6 atom stereocenters. The van der Waals surface area contributed by atoms with Crippen LogP contribution in [0.4, 0.5) is 11.4 Å². The number of phenols is 2. The third-order valence-corrected chi connectivity index (χ3v) is 13.7. The molecule has 3 aliphatic rings. The number of fused-ring (bicyclic) bond motifs is 3.